The van der Waals surface area contributed by atoms with E-state index in [1.807, 2.05) is 32.9 Å². The fraction of sp³-hybridized carbons (Fsp3) is 0.364. The number of carbonyl (C=O) groups excluding carboxylic acids is 1. The third kappa shape index (κ3) is 2.90. The molecule has 0 aliphatic heterocycles. The topological polar surface area (TPSA) is 29.1 Å². The number of carbonyl (C=O) groups is 1. The SMILES string of the molecule is CC(C)(C)C(=O)Nc1cc[c]cc1. The Kier molecular flexibility index (Phi) is 2.71. The van der Waals surface area contributed by atoms with Gasteiger partial charge in [0.15, 0.2) is 0 Å². The number of hydrogen-bond donors (Lipinski definition) is 1. The molecule has 0 saturated carbocycles. The van der Waals surface area contributed by atoms with Crippen molar-refractivity contribution in [2.45, 2.75) is 20.8 Å². The Labute approximate surface area is 79.0 Å². The molecule has 0 saturated heterocycles. The lowest BCUT2D eigenvalue weighted by Crippen LogP contribution is -2.27. The highest BCUT2D eigenvalue weighted by molar-refractivity contribution is 5.94. The van der Waals surface area contributed by atoms with Gasteiger partial charge in [-0.2, -0.15) is 0 Å². The molecule has 0 atom stereocenters. The van der Waals surface area contributed by atoms with Crippen LogP contribution in [0.15, 0.2) is 24.3 Å². The Balaban J connectivity index is 2.66. The number of anilines is 1. The molecule has 0 aliphatic rings. The molecule has 0 heterocycles. The van der Waals surface area contributed by atoms with Gasteiger partial charge in [0.2, 0.25) is 5.91 Å². The van der Waals surface area contributed by atoms with E-state index in [4.69, 9.17) is 0 Å². The molecule has 13 heavy (non-hydrogen) atoms. The summed E-state index contributed by atoms with van der Waals surface area (Å²) in [7, 11) is 0. The fourth-order valence-electron chi connectivity index (χ4n) is 0.789. The number of amides is 1. The van der Waals surface area contributed by atoms with Gasteiger partial charge in [-0.25, -0.2) is 0 Å². The average Bonchev–Trinajstić information content (AvgIpc) is 2.04. The van der Waals surface area contributed by atoms with E-state index in [0.29, 0.717) is 0 Å². The smallest absolute Gasteiger partial charge is 0.229 e. The van der Waals surface area contributed by atoms with Crippen LogP contribution in [0.1, 0.15) is 20.8 Å². The molecule has 0 unspecified atom stereocenters. The second-order valence-electron chi connectivity index (χ2n) is 3.99. The second-order valence-corrected chi connectivity index (χ2v) is 3.99. The van der Waals surface area contributed by atoms with Crippen molar-refractivity contribution < 1.29 is 4.79 Å². The standard InChI is InChI=1S/C11H14NO/c1-11(2,3)10(13)12-9-7-5-4-6-8-9/h5-8H,1-3H3,(H,12,13). The van der Waals surface area contributed by atoms with E-state index in [-0.39, 0.29) is 11.3 Å². The number of nitrogens with one attached hydrogen (secondary N) is 1. The first-order valence-electron chi connectivity index (χ1n) is 4.28. The van der Waals surface area contributed by atoms with Gasteiger partial charge in [0.05, 0.1) is 0 Å². The van der Waals surface area contributed by atoms with Gasteiger partial charge in [0, 0.05) is 11.1 Å². The first kappa shape index (κ1) is 9.78. The fourth-order valence-corrected chi connectivity index (χ4v) is 0.789. The maximum atomic E-state index is 11.5. The predicted molar refractivity (Wildman–Crippen MR) is 53.4 cm³/mol. The highest BCUT2D eigenvalue weighted by Crippen LogP contribution is 2.16. The van der Waals surface area contributed by atoms with Crippen LogP contribution in [0.4, 0.5) is 5.69 Å². The van der Waals surface area contributed by atoms with E-state index in [0.717, 1.165) is 5.69 Å². The molecule has 2 nitrogen and oxygen atoms in total. The van der Waals surface area contributed by atoms with Gasteiger partial charge in [-0.15, -0.1) is 0 Å². The van der Waals surface area contributed by atoms with Gasteiger partial charge in [0.1, 0.15) is 0 Å². The average molecular weight is 176 g/mol. The summed E-state index contributed by atoms with van der Waals surface area (Å²) < 4.78 is 0. The molecule has 1 aromatic carbocycles. The first-order valence-corrected chi connectivity index (χ1v) is 4.28. The lowest BCUT2D eigenvalue weighted by atomic mass is 9.95. The lowest BCUT2D eigenvalue weighted by molar-refractivity contribution is -0.123. The molecule has 0 aromatic heterocycles. The van der Waals surface area contributed by atoms with Crippen molar-refractivity contribution in [3.05, 3.63) is 30.3 Å². The van der Waals surface area contributed by atoms with Gasteiger partial charge in [-0.1, -0.05) is 32.9 Å². The first-order chi connectivity index (χ1) is 6.00. The highest BCUT2D eigenvalue weighted by atomic mass is 16.2. The molecule has 69 valence electrons. The molecular formula is C11H14NO. The van der Waals surface area contributed by atoms with Crippen LogP contribution in [0.25, 0.3) is 0 Å². The van der Waals surface area contributed by atoms with Crippen LogP contribution in [0, 0.1) is 11.5 Å². The van der Waals surface area contributed by atoms with E-state index in [2.05, 4.69) is 11.4 Å². The van der Waals surface area contributed by atoms with E-state index in [1.54, 1.807) is 12.1 Å². The third-order valence-electron chi connectivity index (χ3n) is 1.66. The quantitative estimate of drug-likeness (QED) is 0.699. The normalized spacial score (nSPS) is 11.0. The van der Waals surface area contributed by atoms with E-state index in [9.17, 15) is 4.79 Å². The van der Waals surface area contributed by atoms with Crippen LogP contribution >= 0.6 is 0 Å². The minimum atomic E-state index is -0.348. The minimum absolute atomic E-state index is 0.0266. The maximum absolute atomic E-state index is 11.5. The predicted octanol–water partition coefficient (Wildman–Crippen LogP) is 2.47. The largest absolute Gasteiger partial charge is 0.326 e. The van der Waals surface area contributed by atoms with Gasteiger partial charge >= 0.3 is 0 Å². The summed E-state index contributed by atoms with van der Waals surface area (Å²) in [4.78, 5) is 11.5. The molecular weight excluding hydrogens is 162 g/mol. The zero-order valence-electron chi connectivity index (χ0n) is 8.22. The molecule has 1 N–H and O–H groups in total. The molecule has 1 radical (unpaired) electrons. The van der Waals surface area contributed by atoms with E-state index >= 15 is 0 Å². The van der Waals surface area contributed by atoms with Crippen molar-refractivity contribution in [2.24, 2.45) is 5.41 Å². The molecule has 2 heteroatoms. The summed E-state index contributed by atoms with van der Waals surface area (Å²) in [6.45, 7) is 5.66. The van der Waals surface area contributed by atoms with Crippen LogP contribution in [-0.2, 0) is 4.79 Å². The maximum Gasteiger partial charge on any atom is 0.229 e. The summed E-state index contributed by atoms with van der Waals surface area (Å²) in [5, 5.41) is 2.82. The van der Waals surface area contributed by atoms with Gasteiger partial charge in [-0.3, -0.25) is 4.79 Å². The Morgan fingerprint density at radius 2 is 1.85 bits per heavy atom. The van der Waals surface area contributed by atoms with Crippen LogP contribution in [-0.4, -0.2) is 5.91 Å². The molecule has 0 aliphatic carbocycles. The third-order valence-corrected chi connectivity index (χ3v) is 1.66. The van der Waals surface area contributed by atoms with Gasteiger partial charge in [-0.05, 0) is 18.2 Å². The summed E-state index contributed by atoms with van der Waals surface area (Å²) in [5.41, 5.74) is 0.471. The van der Waals surface area contributed by atoms with Crippen molar-refractivity contribution in [3.63, 3.8) is 0 Å². The molecule has 1 rings (SSSR count). The summed E-state index contributed by atoms with van der Waals surface area (Å²) in [6.07, 6.45) is 0. The Morgan fingerprint density at radius 3 is 2.31 bits per heavy atom. The molecule has 1 amide bonds. The summed E-state index contributed by atoms with van der Waals surface area (Å²) >= 11 is 0. The van der Waals surface area contributed by atoms with Crippen LogP contribution in [0.5, 0.6) is 0 Å². The molecule has 1 aromatic rings. The number of benzene rings is 1. The minimum Gasteiger partial charge on any atom is -0.326 e. The Hall–Kier alpha value is -1.31. The van der Waals surface area contributed by atoms with Crippen molar-refractivity contribution in [1.82, 2.24) is 0 Å². The van der Waals surface area contributed by atoms with Crippen LogP contribution in [0.2, 0.25) is 0 Å². The Morgan fingerprint density at radius 1 is 1.31 bits per heavy atom. The van der Waals surface area contributed by atoms with Crippen molar-refractivity contribution >= 4 is 11.6 Å². The second kappa shape index (κ2) is 3.60. The number of hydrogen-bond acceptors (Lipinski definition) is 1. The molecule has 0 bridgehead atoms. The summed E-state index contributed by atoms with van der Waals surface area (Å²) in [6, 6.07) is 10.1. The molecule has 0 spiro atoms. The van der Waals surface area contributed by atoms with Crippen molar-refractivity contribution in [3.8, 4) is 0 Å². The van der Waals surface area contributed by atoms with Crippen LogP contribution in [0.3, 0.4) is 0 Å². The number of rotatable bonds is 1. The summed E-state index contributed by atoms with van der Waals surface area (Å²) in [5.74, 6) is 0.0266. The highest BCUT2D eigenvalue weighted by Gasteiger charge is 2.20. The van der Waals surface area contributed by atoms with E-state index in [1.165, 1.54) is 0 Å². The molecule has 0 fully saturated rings. The van der Waals surface area contributed by atoms with Gasteiger partial charge < -0.3 is 5.32 Å². The zero-order chi connectivity index (χ0) is 9.90. The van der Waals surface area contributed by atoms with Crippen LogP contribution < -0.4 is 5.32 Å². The van der Waals surface area contributed by atoms with Crippen molar-refractivity contribution in [1.29, 1.82) is 0 Å². The lowest BCUT2D eigenvalue weighted by Gasteiger charge is -2.17. The Bertz CT molecular complexity index is 285. The van der Waals surface area contributed by atoms with Crippen molar-refractivity contribution in [2.75, 3.05) is 5.32 Å². The zero-order valence-corrected chi connectivity index (χ0v) is 8.22. The van der Waals surface area contributed by atoms with Gasteiger partial charge in [0.25, 0.3) is 0 Å². The van der Waals surface area contributed by atoms with E-state index < -0.39 is 0 Å². The monoisotopic (exact) mass is 176 g/mol.